The SMILES string of the molecule is CCCC(CCO)CNC(=O)CCSc1ccccc1Cl. The van der Waals surface area contributed by atoms with Crippen molar-refractivity contribution in [1.29, 1.82) is 0 Å². The highest BCUT2D eigenvalue weighted by molar-refractivity contribution is 7.99. The highest BCUT2D eigenvalue weighted by Crippen LogP contribution is 2.26. The predicted octanol–water partition coefficient (Wildman–Crippen LogP) is 3.74. The average molecular weight is 330 g/mol. The number of thioether (sulfide) groups is 1. The zero-order chi connectivity index (χ0) is 15.5. The van der Waals surface area contributed by atoms with Gasteiger partial charge in [0.05, 0.1) is 5.02 Å². The first-order chi connectivity index (χ1) is 10.2. The number of aliphatic hydroxyl groups excluding tert-OH is 1. The van der Waals surface area contributed by atoms with Crippen LogP contribution < -0.4 is 5.32 Å². The lowest BCUT2D eigenvalue weighted by Gasteiger charge is -2.15. The zero-order valence-electron chi connectivity index (χ0n) is 12.5. The number of benzene rings is 1. The summed E-state index contributed by atoms with van der Waals surface area (Å²) < 4.78 is 0. The van der Waals surface area contributed by atoms with E-state index in [4.69, 9.17) is 16.7 Å². The molecule has 0 radical (unpaired) electrons. The van der Waals surface area contributed by atoms with Crippen LogP contribution in [0.3, 0.4) is 0 Å². The van der Waals surface area contributed by atoms with Crippen LogP contribution in [0.5, 0.6) is 0 Å². The van der Waals surface area contributed by atoms with E-state index in [0.717, 1.165) is 29.2 Å². The predicted molar refractivity (Wildman–Crippen MR) is 89.9 cm³/mol. The maximum atomic E-state index is 11.8. The average Bonchev–Trinajstić information content (AvgIpc) is 2.47. The molecule has 1 unspecified atom stereocenters. The first-order valence-corrected chi connectivity index (χ1v) is 8.78. The summed E-state index contributed by atoms with van der Waals surface area (Å²) in [5.41, 5.74) is 0. The molecular formula is C16H24ClNO2S. The number of aliphatic hydroxyl groups is 1. The van der Waals surface area contributed by atoms with Crippen molar-refractivity contribution in [3.63, 3.8) is 0 Å². The van der Waals surface area contributed by atoms with Gasteiger partial charge in [0.15, 0.2) is 0 Å². The molecule has 5 heteroatoms. The van der Waals surface area contributed by atoms with Gasteiger partial charge in [0.25, 0.3) is 0 Å². The van der Waals surface area contributed by atoms with E-state index in [9.17, 15) is 4.79 Å². The molecule has 2 N–H and O–H groups in total. The van der Waals surface area contributed by atoms with E-state index in [1.807, 2.05) is 24.3 Å². The molecule has 21 heavy (non-hydrogen) atoms. The van der Waals surface area contributed by atoms with Gasteiger partial charge in [-0.3, -0.25) is 4.79 Å². The molecular weight excluding hydrogens is 306 g/mol. The number of carbonyl (C=O) groups is 1. The molecule has 0 aromatic heterocycles. The van der Waals surface area contributed by atoms with E-state index in [2.05, 4.69) is 12.2 Å². The van der Waals surface area contributed by atoms with Crippen molar-refractivity contribution in [3.8, 4) is 0 Å². The Morgan fingerprint density at radius 3 is 2.81 bits per heavy atom. The standard InChI is InChI=1S/C16H24ClNO2S/c1-2-5-13(8-10-19)12-18-16(20)9-11-21-15-7-4-3-6-14(15)17/h3-4,6-7,13,19H,2,5,8-12H2,1H3,(H,18,20). The Balaban J connectivity index is 2.23. The molecule has 1 aromatic carbocycles. The van der Waals surface area contributed by atoms with Gasteiger partial charge >= 0.3 is 0 Å². The number of halogens is 1. The van der Waals surface area contributed by atoms with Gasteiger partial charge in [0.1, 0.15) is 0 Å². The molecule has 3 nitrogen and oxygen atoms in total. The van der Waals surface area contributed by atoms with Crippen molar-refractivity contribution < 1.29 is 9.90 Å². The molecule has 118 valence electrons. The molecule has 0 fully saturated rings. The Morgan fingerprint density at radius 1 is 1.38 bits per heavy atom. The highest BCUT2D eigenvalue weighted by atomic mass is 35.5. The van der Waals surface area contributed by atoms with Crippen LogP contribution in [0.2, 0.25) is 5.02 Å². The van der Waals surface area contributed by atoms with Crippen LogP contribution in [0.15, 0.2) is 29.2 Å². The first kappa shape index (κ1) is 18.3. The summed E-state index contributed by atoms with van der Waals surface area (Å²) >= 11 is 7.66. The molecule has 0 bridgehead atoms. The van der Waals surface area contributed by atoms with Crippen LogP contribution in [0, 0.1) is 5.92 Å². The van der Waals surface area contributed by atoms with Crippen molar-refractivity contribution >= 4 is 29.3 Å². The number of hydrogen-bond donors (Lipinski definition) is 2. The van der Waals surface area contributed by atoms with Gasteiger partial charge in [0.2, 0.25) is 5.91 Å². The number of hydrogen-bond acceptors (Lipinski definition) is 3. The Hall–Kier alpha value is -0.710. The quantitative estimate of drug-likeness (QED) is 0.643. The van der Waals surface area contributed by atoms with Gasteiger partial charge in [-0.25, -0.2) is 0 Å². The molecule has 0 aliphatic carbocycles. The minimum absolute atomic E-state index is 0.0635. The smallest absolute Gasteiger partial charge is 0.220 e. The fourth-order valence-corrected chi connectivity index (χ4v) is 3.29. The van der Waals surface area contributed by atoms with Crippen molar-refractivity contribution in [2.75, 3.05) is 18.9 Å². The summed E-state index contributed by atoms with van der Waals surface area (Å²) in [6.07, 6.45) is 3.34. The highest BCUT2D eigenvalue weighted by Gasteiger charge is 2.09. The summed E-state index contributed by atoms with van der Waals surface area (Å²) in [4.78, 5) is 12.8. The Bertz CT molecular complexity index is 422. The number of nitrogens with one attached hydrogen (secondary N) is 1. The Labute approximate surface area is 136 Å². The Morgan fingerprint density at radius 2 is 2.14 bits per heavy atom. The summed E-state index contributed by atoms with van der Waals surface area (Å²) in [6.45, 7) is 2.96. The van der Waals surface area contributed by atoms with Crippen LogP contribution in [0.1, 0.15) is 32.6 Å². The largest absolute Gasteiger partial charge is 0.396 e. The summed E-state index contributed by atoms with van der Waals surface area (Å²) in [7, 11) is 0. The van der Waals surface area contributed by atoms with Crippen LogP contribution in [-0.4, -0.2) is 29.9 Å². The van der Waals surface area contributed by atoms with Crippen molar-refractivity contribution in [3.05, 3.63) is 29.3 Å². The van der Waals surface area contributed by atoms with Gasteiger partial charge in [0, 0.05) is 30.2 Å². The van der Waals surface area contributed by atoms with E-state index >= 15 is 0 Å². The molecule has 1 aromatic rings. The number of carbonyl (C=O) groups excluding carboxylic acids is 1. The van der Waals surface area contributed by atoms with Crippen LogP contribution in [-0.2, 0) is 4.79 Å². The van der Waals surface area contributed by atoms with Crippen molar-refractivity contribution in [2.45, 2.75) is 37.5 Å². The topological polar surface area (TPSA) is 49.3 Å². The molecule has 0 aliphatic heterocycles. The molecule has 0 heterocycles. The second kappa shape index (κ2) is 10.9. The molecule has 0 aliphatic rings. The van der Waals surface area contributed by atoms with Crippen molar-refractivity contribution in [1.82, 2.24) is 5.32 Å². The van der Waals surface area contributed by atoms with Gasteiger partial charge in [-0.1, -0.05) is 37.1 Å². The monoisotopic (exact) mass is 329 g/mol. The van der Waals surface area contributed by atoms with E-state index < -0.39 is 0 Å². The minimum Gasteiger partial charge on any atom is -0.396 e. The third kappa shape index (κ3) is 7.74. The van der Waals surface area contributed by atoms with E-state index in [1.54, 1.807) is 11.8 Å². The second-order valence-corrected chi connectivity index (χ2v) is 6.54. The van der Waals surface area contributed by atoms with Crippen LogP contribution in [0.4, 0.5) is 0 Å². The molecule has 1 amide bonds. The van der Waals surface area contributed by atoms with Gasteiger partial charge in [-0.2, -0.15) is 0 Å². The fraction of sp³-hybridized carbons (Fsp3) is 0.562. The zero-order valence-corrected chi connectivity index (χ0v) is 14.1. The third-order valence-electron chi connectivity index (χ3n) is 3.25. The third-order valence-corrected chi connectivity index (χ3v) is 4.76. The lowest BCUT2D eigenvalue weighted by molar-refractivity contribution is -0.120. The molecule has 0 saturated carbocycles. The number of amides is 1. The number of rotatable bonds is 10. The van der Waals surface area contributed by atoms with E-state index in [-0.39, 0.29) is 12.5 Å². The molecule has 1 rings (SSSR count). The first-order valence-electron chi connectivity index (χ1n) is 7.42. The van der Waals surface area contributed by atoms with Crippen molar-refractivity contribution in [2.24, 2.45) is 5.92 Å². The van der Waals surface area contributed by atoms with Crippen LogP contribution in [0.25, 0.3) is 0 Å². The lowest BCUT2D eigenvalue weighted by Crippen LogP contribution is -2.29. The van der Waals surface area contributed by atoms with Crippen LogP contribution >= 0.6 is 23.4 Å². The summed E-state index contributed by atoms with van der Waals surface area (Å²) in [5.74, 6) is 1.15. The lowest BCUT2D eigenvalue weighted by atomic mass is 10.0. The summed E-state index contributed by atoms with van der Waals surface area (Å²) in [5, 5.41) is 12.7. The van der Waals surface area contributed by atoms with E-state index in [1.165, 1.54) is 0 Å². The normalized spacial score (nSPS) is 12.1. The molecule has 1 atom stereocenters. The molecule has 0 saturated heterocycles. The Kier molecular flexibility index (Phi) is 9.55. The van der Waals surface area contributed by atoms with E-state index in [0.29, 0.717) is 24.6 Å². The van der Waals surface area contributed by atoms with Gasteiger partial charge < -0.3 is 10.4 Å². The maximum absolute atomic E-state index is 11.8. The molecule has 0 spiro atoms. The second-order valence-electron chi connectivity index (χ2n) is 5.00. The fourth-order valence-electron chi connectivity index (χ4n) is 2.10. The summed E-state index contributed by atoms with van der Waals surface area (Å²) in [6, 6.07) is 7.66. The maximum Gasteiger partial charge on any atom is 0.220 e. The minimum atomic E-state index is 0.0635. The van der Waals surface area contributed by atoms with Gasteiger partial charge in [-0.15, -0.1) is 11.8 Å². The van der Waals surface area contributed by atoms with Gasteiger partial charge in [-0.05, 0) is 30.9 Å².